The maximum atomic E-state index is 12.6. The number of hydrogen-bond acceptors (Lipinski definition) is 6. The smallest absolute Gasteiger partial charge is 0.335 e. The van der Waals surface area contributed by atoms with Gasteiger partial charge in [-0.25, -0.2) is 4.98 Å². The van der Waals surface area contributed by atoms with Gasteiger partial charge in [-0.15, -0.1) is 0 Å². The quantitative estimate of drug-likeness (QED) is 0.420. The van der Waals surface area contributed by atoms with E-state index < -0.39 is 7.60 Å². The van der Waals surface area contributed by atoms with Gasteiger partial charge in [0.1, 0.15) is 5.82 Å². The molecule has 0 fully saturated rings. The molecule has 0 unspecified atom stereocenters. The Labute approximate surface area is 172 Å². The fourth-order valence-electron chi connectivity index (χ4n) is 2.79. The molecule has 148 valence electrons. The summed E-state index contributed by atoms with van der Waals surface area (Å²) < 4.78 is 24.1. The molecule has 1 aliphatic heterocycles. The lowest BCUT2D eigenvalue weighted by Gasteiger charge is -2.17. The first-order valence-electron chi connectivity index (χ1n) is 8.85. The molecule has 0 spiro atoms. The molecular weight excluding hydrogens is 445 g/mol. The molecule has 9 heteroatoms. The minimum atomic E-state index is -3.14. The Bertz CT molecular complexity index is 937. The fraction of sp³-hybridized carbons (Fsp3) is 0.263. The average Bonchev–Trinajstić information content (AvgIpc) is 2.96. The van der Waals surface area contributed by atoms with Gasteiger partial charge in [0.15, 0.2) is 0 Å². The summed E-state index contributed by atoms with van der Waals surface area (Å²) in [5.74, 6) is 0.332. The molecule has 2 aromatic rings. The Hall–Kier alpha value is -1.99. The Kier molecular flexibility index (Phi) is 6.67. The van der Waals surface area contributed by atoms with Crippen molar-refractivity contribution < 1.29 is 18.4 Å². The molecule has 1 aromatic carbocycles. The predicted octanol–water partition coefficient (Wildman–Crippen LogP) is 5.02. The zero-order chi connectivity index (χ0) is 20.1. The maximum Gasteiger partial charge on any atom is 0.335 e. The fourth-order valence-corrected chi connectivity index (χ4v) is 4.83. The van der Waals surface area contributed by atoms with E-state index in [4.69, 9.17) is 9.05 Å². The van der Waals surface area contributed by atoms with Gasteiger partial charge < -0.3 is 19.7 Å². The van der Waals surface area contributed by atoms with Gasteiger partial charge in [0, 0.05) is 28.1 Å². The minimum absolute atomic E-state index is 0.209. The molecule has 0 saturated heterocycles. The van der Waals surface area contributed by atoms with E-state index in [0.717, 1.165) is 21.3 Å². The van der Waals surface area contributed by atoms with Gasteiger partial charge in [0.05, 0.1) is 24.9 Å². The van der Waals surface area contributed by atoms with Crippen LogP contribution in [0.15, 0.2) is 47.2 Å². The molecule has 2 heterocycles. The molecular formula is C19H21BrN3O4P. The van der Waals surface area contributed by atoms with E-state index in [-0.39, 0.29) is 12.1 Å². The number of amides is 1. The van der Waals surface area contributed by atoms with E-state index in [1.165, 1.54) is 0 Å². The molecule has 0 saturated carbocycles. The maximum absolute atomic E-state index is 12.6. The van der Waals surface area contributed by atoms with Crippen molar-refractivity contribution in [1.29, 1.82) is 0 Å². The number of nitrogens with zero attached hydrogens (tertiary/aromatic N) is 1. The summed E-state index contributed by atoms with van der Waals surface area (Å²) in [5.41, 5.74) is 2.88. The number of aromatic nitrogens is 1. The molecule has 2 N–H and O–H groups in total. The summed E-state index contributed by atoms with van der Waals surface area (Å²) in [7, 11) is -3.14. The molecule has 1 aromatic heterocycles. The van der Waals surface area contributed by atoms with Gasteiger partial charge in [-0.1, -0.05) is 12.1 Å². The van der Waals surface area contributed by atoms with Crippen LogP contribution in [-0.4, -0.2) is 24.1 Å². The van der Waals surface area contributed by atoms with Crippen LogP contribution in [0.4, 0.5) is 11.5 Å². The molecule has 0 atom stereocenters. The van der Waals surface area contributed by atoms with Crippen molar-refractivity contribution >= 4 is 46.5 Å². The van der Waals surface area contributed by atoms with Crippen molar-refractivity contribution in [3.8, 4) is 0 Å². The zero-order valence-corrected chi connectivity index (χ0v) is 18.0. The highest BCUT2D eigenvalue weighted by molar-refractivity contribution is 9.10. The first kappa shape index (κ1) is 20.7. The third kappa shape index (κ3) is 4.89. The summed E-state index contributed by atoms with van der Waals surface area (Å²) in [6, 6.07) is 9.25. The number of anilines is 2. The number of fused-ring (bicyclic) bond motifs is 1. The van der Waals surface area contributed by atoms with Gasteiger partial charge in [-0.05, 0) is 53.5 Å². The first-order chi connectivity index (χ1) is 13.4. The van der Waals surface area contributed by atoms with E-state index in [9.17, 15) is 9.36 Å². The summed E-state index contributed by atoms with van der Waals surface area (Å²) in [6.45, 7) is 4.24. The average molecular weight is 466 g/mol. The van der Waals surface area contributed by atoms with E-state index >= 15 is 0 Å². The minimum Gasteiger partial charge on any atom is -0.361 e. The molecule has 3 rings (SSSR count). The Morgan fingerprint density at radius 2 is 1.89 bits per heavy atom. The van der Waals surface area contributed by atoms with Crippen LogP contribution < -0.4 is 10.6 Å². The lowest BCUT2D eigenvalue weighted by Crippen LogP contribution is -2.05. The highest BCUT2D eigenvalue weighted by Crippen LogP contribution is 2.51. The van der Waals surface area contributed by atoms with Gasteiger partial charge >= 0.3 is 7.60 Å². The van der Waals surface area contributed by atoms with E-state index in [1.807, 2.05) is 30.3 Å². The molecule has 0 radical (unpaired) electrons. The van der Waals surface area contributed by atoms with Gasteiger partial charge in [-0.2, -0.15) is 0 Å². The van der Waals surface area contributed by atoms with Crippen molar-refractivity contribution in [2.75, 3.05) is 23.8 Å². The normalized spacial score (nSPS) is 14.8. The lowest BCUT2D eigenvalue weighted by molar-refractivity contribution is -0.110. The molecule has 7 nitrogen and oxygen atoms in total. The van der Waals surface area contributed by atoms with Gasteiger partial charge in [0.2, 0.25) is 0 Å². The Morgan fingerprint density at radius 1 is 1.21 bits per heavy atom. The van der Waals surface area contributed by atoms with Crippen molar-refractivity contribution in [1.82, 2.24) is 4.98 Å². The zero-order valence-electron chi connectivity index (χ0n) is 15.6. The van der Waals surface area contributed by atoms with Crippen molar-refractivity contribution in [3.05, 3.63) is 58.3 Å². The number of pyridine rings is 1. The van der Waals surface area contributed by atoms with Crippen LogP contribution in [0.3, 0.4) is 0 Å². The molecule has 28 heavy (non-hydrogen) atoms. The standard InChI is InChI=1S/C19H21BrN3O4P/c1-3-26-28(25,27-4-2)12-13-5-7-15(8-6-13)21-11-17-16-9-14(20)10-22-18(16)23-19(17)24/h5-11,21H,3-4,12H2,1-2H3,(H,22,23,24)/b17-11-. The van der Waals surface area contributed by atoms with Crippen LogP contribution in [0.5, 0.6) is 0 Å². The van der Waals surface area contributed by atoms with Crippen LogP contribution in [-0.2, 0) is 24.6 Å². The Morgan fingerprint density at radius 3 is 2.54 bits per heavy atom. The number of rotatable bonds is 8. The van der Waals surface area contributed by atoms with Crippen molar-refractivity contribution in [3.63, 3.8) is 0 Å². The summed E-state index contributed by atoms with van der Waals surface area (Å²) in [4.78, 5) is 16.4. The Balaban J connectivity index is 1.72. The second-order valence-corrected chi connectivity index (χ2v) is 8.98. The number of carbonyl (C=O) groups is 1. The molecule has 1 amide bonds. The third-order valence-corrected chi connectivity index (χ3v) is 6.48. The molecule has 0 bridgehead atoms. The largest absolute Gasteiger partial charge is 0.361 e. The number of carbonyl (C=O) groups excluding carboxylic acids is 1. The van der Waals surface area contributed by atoms with Gasteiger partial charge in [0.25, 0.3) is 5.91 Å². The number of hydrogen-bond donors (Lipinski definition) is 2. The van der Waals surface area contributed by atoms with Crippen molar-refractivity contribution in [2.45, 2.75) is 20.0 Å². The topological polar surface area (TPSA) is 89.5 Å². The monoisotopic (exact) mass is 465 g/mol. The summed E-state index contributed by atoms with van der Waals surface area (Å²) in [5, 5.41) is 5.85. The summed E-state index contributed by atoms with van der Waals surface area (Å²) >= 11 is 3.37. The van der Waals surface area contributed by atoms with Gasteiger partial charge in [-0.3, -0.25) is 9.36 Å². The molecule has 0 aliphatic carbocycles. The highest BCUT2D eigenvalue weighted by atomic mass is 79.9. The summed E-state index contributed by atoms with van der Waals surface area (Å²) in [6.07, 6.45) is 3.50. The third-order valence-electron chi connectivity index (χ3n) is 3.99. The van der Waals surface area contributed by atoms with Crippen LogP contribution in [0.1, 0.15) is 25.0 Å². The molecule has 1 aliphatic rings. The van der Waals surface area contributed by atoms with E-state index in [0.29, 0.717) is 24.6 Å². The second kappa shape index (κ2) is 9.01. The number of benzene rings is 1. The SMILES string of the molecule is CCOP(=O)(Cc1ccc(N/C=C2\C(=O)Nc3ncc(Br)cc32)cc1)OCC. The number of nitrogens with one attached hydrogen (secondary N) is 2. The van der Waals surface area contributed by atoms with Crippen LogP contribution in [0, 0.1) is 0 Å². The second-order valence-electron chi connectivity index (χ2n) is 6.01. The number of halogens is 1. The van der Waals surface area contributed by atoms with Crippen molar-refractivity contribution in [2.24, 2.45) is 0 Å². The predicted molar refractivity (Wildman–Crippen MR) is 113 cm³/mol. The van der Waals surface area contributed by atoms with E-state index in [1.54, 1.807) is 26.2 Å². The van der Waals surface area contributed by atoms with Crippen LogP contribution in [0.25, 0.3) is 5.57 Å². The van der Waals surface area contributed by atoms with Crippen LogP contribution in [0.2, 0.25) is 0 Å². The highest BCUT2D eigenvalue weighted by Gasteiger charge is 2.26. The lowest BCUT2D eigenvalue weighted by atomic mass is 10.1. The van der Waals surface area contributed by atoms with E-state index in [2.05, 4.69) is 31.5 Å². The van der Waals surface area contributed by atoms with Crippen LogP contribution >= 0.6 is 23.5 Å². The first-order valence-corrected chi connectivity index (χ1v) is 11.4.